The van der Waals surface area contributed by atoms with E-state index in [1.54, 1.807) is 6.08 Å². The molecule has 1 amide bonds. The molecule has 19 nitrogen and oxygen atoms in total. The molecule has 3 rings (SSSR count). The van der Waals surface area contributed by atoms with Gasteiger partial charge in [0.15, 0.2) is 18.9 Å². The lowest BCUT2D eigenvalue weighted by atomic mass is 9.96. The molecule has 0 saturated carbocycles. The van der Waals surface area contributed by atoms with Gasteiger partial charge in [-0.15, -0.1) is 0 Å². The average Bonchev–Trinajstić information content (AvgIpc) is 3.43. The Hall–Kier alpha value is -2.25. The molecule has 0 radical (unpaired) electrons. The van der Waals surface area contributed by atoms with Crippen LogP contribution in [-0.2, 0) is 33.2 Å². The zero-order valence-corrected chi connectivity index (χ0v) is 46.4. The zero-order chi connectivity index (χ0) is 56.2. The molecule has 0 aromatic rings. The minimum Gasteiger partial charge on any atom is -0.394 e. The number of ether oxygens (including phenoxy) is 6. The molecule has 448 valence electrons. The fourth-order valence-corrected chi connectivity index (χ4v) is 9.69. The second kappa shape index (κ2) is 41.7. The number of aliphatic hydroxyl groups is 11. The van der Waals surface area contributed by atoms with Gasteiger partial charge in [0, 0.05) is 6.42 Å². The number of aliphatic hydroxyl groups excluding tert-OH is 11. The van der Waals surface area contributed by atoms with Crippen molar-refractivity contribution in [3.8, 4) is 0 Å². The molecule has 0 bridgehead atoms. The molecular weight excluding hydrogens is 999 g/mol. The number of unbranched alkanes of at least 4 members (excludes halogenated alkanes) is 20. The Balaban J connectivity index is 1.51. The van der Waals surface area contributed by atoms with Crippen LogP contribution >= 0.6 is 0 Å². The van der Waals surface area contributed by atoms with Crippen molar-refractivity contribution in [2.75, 3.05) is 26.4 Å². The Morgan fingerprint density at radius 3 is 1.35 bits per heavy atom. The third-order valence-corrected chi connectivity index (χ3v) is 14.6. The summed E-state index contributed by atoms with van der Waals surface area (Å²) in [6.07, 6.45) is 18.4. The summed E-state index contributed by atoms with van der Waals surface area (Å²) in [6, 6.07) is -0.999. The first-order valence-corrected chi connectivity index (χ1v) is 29.4. The predicted molar refractivity (Wildman–Crippen MR) is 291 cm³/mol. The van der Waals surface area contributed by atoms with Crippen molar-refractivity contribution in [1.29, 1.82) is 0 Å². The minimum atomic E-state index is -1.98. The van der Waals surface area contributed by atoms with Crippen molar-refractivity contribution in [2.24, 2.45) is 0 Å². The van der Waals surface area contributed by atoms with Gasteiger partial charge in [-0.2, -0.15) is 0 Å². The summed E-state index contributed by atoms with van der Waals surface area (Å²) in [4.78, 5) is 13.2. The van der Waals surface area contributed by atoms with Crippen LogP contribution in [0.25, 0.3) is 0 Å². The second-order valence-corrected chi connectivity index (χ2v) is 21.1. The van der Waals surface area contributed by atoms with Crippen LogP contribution in [0, 0.1) is 0 Å². The highest BCUT2D eigenvalue weighted by molar-refractivity contribution is 5.76. The molecule has 3 fully saturated rings. The number of rotatable bonds is 42. The van der Waals surface area contributed by atoms with Gasteiger partial charge < -0.3 is 89.9 Å². The van der Waals surface area contributed by atoms with Crippen molar-refractivity contribution >= 4 is 5.91 Å². The Labute approximate surface area is 459 Å². The van der Waals surface area contributed by atoms with E-state index in [1.807, 2.05) is 6.08 Å². The van der Waals surface area contributed by atoms with E-state index >= 15 is 0 Å². The Kier molecular flexibility index (Phi) is 37.4. The van der Waals surface area contributed by atoms with E-state index in [4.69, 9.17) is 28.4 Å². The molecule has 0 aromatic heterocycles. The summed E-state index contributed by atoms with van der Waals surface area (Å²) in [5, 5.41) is 120. The first-order valence-electron chi connectivity index (χ1n) is 29.4. The fraction of sp³-hybridized carbons (Fsp3) is 0.845. The van der Waals surface area contributed by atoms with Gasteiger partial charge >= 0.3 is 0 Å². The molecule has 17 atom stereocenters. The van der Waals surface area contributed by atoms with Crippen LogP contribution < -0.4 is 5.32 Å². The topological polar surface area (TPSA) is 307 Å². The minimum absolute atomic E-state index is 0.219. The molecule has 77 heavy (non-hydrogen) atoms. The summed E-state index contributed by atoms with van der Waals surface area (Å²) < 4.78 is 34.1. The Bertz CT molecular complexity index is 1600. The Morgan fingerprint density at radius 1 is 0.455 bits per heavy atom. The molecule has 0 spiro atoms. The zero-order valence-electron chi connectivity index (χ0n) is 46.4. The first kappa shape index (κ1) is 69.0. The quantitative estimate of drug-likeness (QED) is 0.0291. The van der Waals surface area contributed by atoms with Gasteiger partial charge in [0.2, 0.25) is 5.91 Å². The monoisotopic (exact) mass is 1100 g/mol. The summed E-state index contributed by atoms with van der Waals surface area (Å²) in [7, 11) is 0. The lowest BCUT2D eigenvalue weighted by molar-refractivity contribution is -0.379. The van der Waals surface area contributed by atoms with E-state index in [1.165, 1.54) is 77.0 Å². The fourth-order valence-electron chi connectivity index (χ4n) is 9.69. The maximum Gasteiger partial charge on any atom is 0.220 e. The van der Waals surface area contributed by atoms with Crippen molar-refractivity contribution in [3.63, 3.8) is 0 Å². The molecule has 12 N–H and O–H groups in total. The molecule has 3 heterocycles. The van der Waals surface area contributed by atoms with Gasteiger partial charge in [-0.05, 0) is 64.2 Å². The molecule has 19 heteroatoms. The molecule has 3 aliphatic heterocycles. The standard InChI is InChI=1S/C58H103NO18/c1-3-5-7-9-11-13-15-16-17-18-19-20-21-22-23-24-25-26-27-29-31-33-35-42(63)41(59-46(64)36-34-32-30-28-14-12-10-8-6-4-2)40-72-56-52(70)49(67)54(44(38-61)74-56)77-58-53(71)50(68)55(45(39-62)75-58)76-57-51(69)48(66)47(65)43(37-60)73-57/h8,10,22-23,26-27,33,35,41-45,47-58,60-63,65-71H,3-7,9,11-21,24-25,28-32,34,36-40H2,1-2H3,(H,59,64)/b10-8-,23-22+,27-26+,35-33+. The lowest BCUT2D eigenvalue weighted by Crippen LogP contribution is -2.66. The van der Waals surface area contributed by atoms with Gasteiger partial charge in [0.1, 0.15) is 73.2 Å². The second-order valence-electron chi connectivity index (χ2n) is 21.1. The lowest BCUT2D eigenvalue weighted by Gasteiger charge is -2.48. The third-order valence-electron chi connectivity index (χ3n) is 14.6. The van der Waals surface area contributed by atoms with Crippen LogP contribution in [-0.4, -0.2) is 193 Å². The number of carbonyl (C=O) groups excluding carboxylic acids is 1. The Morgan fingerprint density at radius 2 is 0.857 bits per heavy atom. The van der Waals surface area contributed by atoms with Crippen LogP contribution in [0.15, 0.2) is 48.6 Å². The van der Waals surface area contributed by atoms with Gasteiger partial charge in [-0.3, -0.25) is 4.79 Å². The van der Waals surface area contributed by atoms with Crippen LogP contribution in [0.4, 0.5) is 0 Å². The van der Waals surface area contributed by atoms with E-state index in [2.05, 4.69) is 55.6 Å². The highest BCUT2D eigenvalue weighted by Crippen LogP contribution is 2.33. The maximum absolute atomic E-state index is 13.2. The van der Waals surface area contributed by atoms with Gasteiger partial charge in [-0.25, -0.2) is 0 Å². The number of allylic oxidation sites excluding steroid dienone is 7. The van der Waals surface area contributed by atoms with E-state index in [0.29, 0.717) is 12.8 Å². The molecular formula is C58H103NO18. The highest BCUT2D eigenvalue weighted by Gasteiger charge is 2.53. The number of amides is 1. The smallest absolute Gasteiger partial charge is 0.220 e. The van der Waals surface area contributed by atoms with Crippen LogP contribution in [0.5, 0.6) is 0 Å². The van der Waals surface area contributed by atoms with Crippen LogP contribution in [0.1, 0.15) is 181 Å². The van der Waals surface area contributed by atoms with Gasteiger partial charge in [0.25, 0.3) is 0 Å². The molecule has 17 unspecified atom stereocenters. The number of hydrogen-bond acceptors (Lipinski definition) is 18. The van der Waals surface area contributed by atoms with Crippen molar-refractivity contribution < 1.29 is 89.4 Å². The third kappa shape index (κ3) is 26.0. The predicted octanol–water partition coefficient (Wildman–Crippen LogP) is 4.70. The number of hydrogen-bond donors (Lipinski definition) is 12. The van der Waals surface area contributed by atoms with E-state index in [9.17, 15) is 61.0 Å². The molecule has 0 aromatic carbocycles. The van der Waals surface area contributed by atoms with E-state index < -0.39 is 124 Å². The maximum atomic E-state index is 13.2. The summed E-state index contributed by atoms with van der Waals surface area (Å²) in [5.74, 6) is -0.304. The summed E-state index contributed by atoms with van der Waals surface area (Å²) in [6.45, 7) is 1.60. The summed E-state index contributed by atoms with van der Waals surface area (Å²) in [5.41, 5.74) is 0. The largest absolute Gasteiger partial charge is 0.394 e. The molecule has 0 aliphatic carbocycles. The van der Waals surface area contributed by atoms with Crippen LogP contribution in [0.2, 0.25) is 0 Å². The van der Waals surface area contributed by atoms with Gasteiger partial charge in [0.05, 0.1) is 38.6 Å². The summed E-state index contributed by atoms with van der Waals surface area (Å²) >= 11 is 0. The first-order chi connectivity index (χ1) is 37.3. The van der Waals surface area contributed by atoms with Crippen molar-refractivity contribution in [3.05, 3.63) is 48.6 Å². The average molecular weight is 1100 g/mol. The van der Waals surface area contributed by atoms with Crippen molar-refractivity contribution in [2.45, 2.75) is 285 Å². The highest BCUT2D eigenvalue weighted by atomic mass is 16.8. The van der Waals surface area contributed by atoms with Gasteiger partial charge in [-0.1, -0.05) is 159 Å². The van der Waals surface area contributed by atoms with Crippen LogP contribution in [0.3, 0.4) is 0 Å². The number of carbonyl (C=O) groups is 1. The van der Waals surface area contributed by atoms with E-state index in [0.717, 1.165) is 70.6 Å². The molecule has 3 saturated heterocycles. The number of nitrogens with one attached hydrogen (secondary N) is 1. The van der Waals surface area contributed by atoms with Crippen molar-refractivity contribution in [1.82, 2.24) is 5.32 Å². The van der Waals surface area contributed by atoms with E-state index in [-0.39, 0.29) is 18.9 Å². The normalized spacial score (nSPS) is 31.1. The molecule has 3 aliphatic rings. The SMILES string of the molecule is CCC/C=C\CCCCCCCC(=O)NC(COC1OC(CO)C(OC2OC(CO)C(OC3OC(CO)C(O)C(O)C3O)C(O)C2O)C(O)C1O)C(O)/C=C/CC/C=C/CC/C=C/CCCCCCCCCCCCCC.